The molecule has 0 saturated heterocycles. The number of ether oxygens (including phenoxy) is 1. The predicted molar refractivity (Wildman–Crippen MR) is 46.4 cm³/mol. The summed E-state index contributed by atoms with van der Waals surface area (Å²) in [6.45, 7) is 0.274. The second-order valence-corrected chi connectivity index (χ2v) is 3.19. The van der Waals surface area contributed by atoms with E-state index in [-0.39, 0.29) is 25.1 Å². The molecule has 0 aromatic rings. The Labute approximate surface area is 77.5 Å². The highest BCUT2D eigenvalue weighted by atomic mass is 35.5. The van der Waals surface area contributed by atoms with Gasteiger partial charge in [-0.25, -0.2) is 0 Å². The molecule has 3 N–H and O–H groups in total. The lowest BCUT2D eigenvalue weighted by Gasteiger charge is -2.41. The molecule has 0 spiro atoms. The van der Waals surface area contributed by atoms with Crippen molar-refractivity contribution < 1.29 is 14.6 Å². The number of aliphatic carboxylic acids is 1. The maximum atomic E-state index is 10.7. The molecular weight excluding hydrogens is 182 g/mol. The number of carbonyl (C=O) groups is 1. The van der Waals surface area contributed by atoms with Gasteiger partial charge < -0.3 is 15.6 Å². The molecule has 0 amide bonds. The van der Waals surface area contributed by atoms with Crippen LogP contribution in [0.15, 0.2) is 0 Å². The molecule has 0 aromatic heterocycles. The van der Waals surface area contributed by atoms with Crippen molar-refractivity contribution in [1.29, 1.82) is 0 Å². The highest BCUT2D eigenvalue weighted by Crippen LogP contribution is 2.40. The van der Waals surface area contributed by atoms with Crippen molar-refractivity contribution in [2.24, 2.45) is 11.1 Å². The number of halogens is 1. The number of hydrogen-bond acceptors (Lipinski definition) is 3. The molecule has 0 radical (unpaired) electrons. The van der Waals surface area contributed by atoms with E-state index in [9.17, 15) is 4.79 Å². The van der Waals surface area contributed by atoms with Crippen LogP contribution in [0.3, 0.4) is 0 Å². The average Bonchev–Trinajstić information content (AvgIpc) is 1.84. The number of carboxylic acids is 1. The van der Waals surface area contributed by atoms with Gasteiger partial charge in [0, 0.05) is 13.2 Å². The van der Waals surface area contributed by atoms with E-state index in [0.717, 1.165) is 0 Å². The summed E-state index contributed by atoms with van der Waals surface area (Å²) >= 11 is 0. The van der Waals surface area contributed by atoms with Crippen molar-refractivity contribution in [3.05, 3.63) is 0 Å². The van der Waals surface area contributed by atoms with E-state index in [0.29, 0.717) is 12.8 Å². The van der Waals surface area contributed by atoms with Gasteiger partial charge in [-0.15, -0.1) is 12.4 Å². The van der Waals surface area contributed by atoms with E-state index in [1.165, 1.54) is 7.11 Å². The minimum absolute atomic E-state index is 0. The molecule has 0 unspecified atom stereocenters. The van der Waals surface area contributed by atoms with Crippen LogP contribution in [0.2, 0.25) is 0 Å². The van der Waals surface area contributed by atoms with Crippen LogP contribution in [0.5, 0.6) is 0 Å². The lowest BCUT2D eigenvalue weighted by molar-refractivity contribution is -0.160. The van der Waals surface area contributed by atoms with Crippen LogP contribution < -0.4 is 5.73 Å². The summed E-state index contributed by atoms with van der Waals surface area (Å²) in [5.41, 5.74) is 4.82. The summed E-state index contributed by atoms with van der Waals surface area (Å²) in [7, 11) is 1.51. The molecule has 12 heavy (non-hydrogen) atoms. The summed E-state index contributed by atoms with van der Waals surface area (Å²) in [6, 6.07) is 0.0428. The second-order valence-electron chi connectivity index (χ2n) is 3.19. The smallest absolute Gasteiger partial charge is 0.312 e. The summed E-state index contributed by atoms with van der Waals surface area (Å²) in [4.78, 5) is 10.7. The molecule has 0 aromatic carbocycles. The monoisotopic (exact) mass is 195 g/mol. The van der Waals surface area contributed by atoms with Crippen LogP contribution in [-0.2, 0) is 9.53 Å². The maximum absolute atomic E-state index is 10.7. The fourth-order valence-electron chi connectivity index (χ4n) is 1.57. The topological polar surface area (TPSA) is 72.5 Å². The van der Waals surface area contributed by atoms with E-state index in [4.69, 9.17) is 15.6 Å². The Morgan fingerprint density at radius 1 is 1.75 bits per heavy atom. The van der Waals surface area contributed by atoms with Crippen LogP contribution in [0.4, 0.5) is 0 Å². The van der Waals surface area contributed by atoms with Gasteiger partial charge in [-0.2, -0.15) is 0 Å². The Kier molecular flexibility index (Phi) is 3.96. The third-order valence-corrected chi connectivity index (χ3v) is 2.18. The number of methoxy groups -OCH3 is 1. The maximum Gasteiger partial charge on any atom is 0.312 e. The van der Waals surface area contributed by atoms with Gasteiger partial charge in [-0.1, -0.05) is 0 Å². The van der Waals surface area contributed by atoms with E-state index in [1.54, 1.807) is 0 Å². The zero-order valence-electron chi connectivity index (χ0n) is 6.95. The number of hydrogen-bond donors (Lipinski definition) is 2. The van der Waals surface area contributed by atoms with E-state index < -0.39 is 11.4 Å². The van der Waals surface area contributed by atoms with Gasteiger partial charge in [0.25, 0.3) is 0 Å². The van der Waals surface area contributed by atoms with E-state index in [1.807, 2.05) is 0 Å². The summed E-state index contributed by atoms with van der Waals surface area (Å²) in [5, 5.41) is 8.80. The molecule has 0 bridgehead atoms. The highest BCUT2D eigenvalue weighted by molar-refractivity contribution is 5.85. The van der Waals surface area contributed by atoms with Gasteiger partial charge in [-0.05, 0) is 12.8 Å². The molecule has 0 heterocycles. The third-order valence-electron chi connectivity index (χ3n) is 2.18. The predicted octanol–water partition coefficient (Wildman–Crippen LogP) is 0.247. The molecule has 72 valence electrons. The number of rotatable bonds is 3. The van der Waals surface area contributed by atoms with Gasteiger partial charge in [0.15, 0.2) is 0 Å². The zero-order chi connectivity index (χ0) is 8.48. The Morgan fingerprint density at radius 2 is 2.25 bits per heavy atom. The van der Waals surface area contributed by atoms with Crippen LogP contribution in [0.1, 0.15) is 12.8 Å². The first-order valence-corrected chi connectivity index (χ1v) is 3.59. The van der Waals surface area contributed by atoms with E-state index >= 15 is 0 Å². The van der Waals surface area contributed by atoms with Gasteiger partial charge in [0.1, 0.15) is 0 Å². The molecule has 1 fully saturated rings. The third kappa shape index (κ3) is 1.88. The minimum atomic E-state index is -0.791. The average molecular weight is 196 g/mol. The van der Waals surface area contributed by atoms with Crippen LogP contribution in [-0.4, -0.2) is 30.8 Å². The molecular formula is C7H14ClNO3. The fourth-order valence-corrected chi connectivity index (χ4v) is 1.57. The molecule has 4 nitrogen and oxygen atoms in total. The molecule has 1 saturated carbocycles. The molecule has 1 rings (SSSR count). The molecule has 5 heteroatoms. The molecule has 0 atom stereocenters. The summed E-state index contributed by atoms with van der Waals surface area (Å²) in [5.74, 6) is -0.791. The SMILES string of the molecule is COCC1(C(=O)O)CC(N)C1.Cl. The van der Waals surface area contributed by atoms with Gasteiger partial charge in [0.2, 0.25) is 0 Å². The van der Waals surface area contributed by atoms with Crippen molar-refractivity contribution in [1.82, 2.24) is 0 Å². The van der Waals surface area contributed by atoms with E-state index in [2.05, 4.69) is 0 Å². The number of nitrogens with two attached hydrogens (primary N) is 1. The van der Waals surface area contributed by atoms with Crippen molar-refractivity contribution in [3.8, 4) is 0 Å². The van der Waals surface area contributed by atoms with Gasteiger partial charge in [-0.3, -0.25) is 4.79 Å². The highest BCUT2D eigenvalue weighted by Gasteiger charge is 2.49. The lowest BCUT2D eigenvalue weighted by atomic mass is 9.66. The first-order chi connectivity index (χ1) is 5.10. The van der Waals surface area contributed by atoms with Crippen molar-refractivity contribution >= 4 is 18.4 Å². The Balaban J connectivity index is 0.00000121. The molecule has 1 aliphatic rings. The Morgan fingerprint density at radius 3 is 2.50 bits per heavy atom. The first-order valence-electron chi connectivity index (χ1n) is 3.59. The Bertz CT molecular complexity index is 163. The largest absolute Gasteiger partial charge is 0.481 e. The first kappa shape index (κ1) is 11.7. The van der Waals surface area contributed by atoms with Gasteiger partial charge >= 0.3 is 5.97 Å². The summed E-state index contributed by atoms with van der Waals surface area (Å²) < 4.78 is 4.82. The standard InChI is InChI=1S/C7H13NO3.ClH/c1-11-4-7(6(9)10)2-5(8)3-7;/h5H,2-4,8H2,1H3,(H,9,10);1H. The lowest BCUT2D eigenvalue weighted by Crippen LogP contribution is -2.53. The second kappa shape index (κ2) is 4.07. The quantitative estimate of drug-likeness (QED) is 0.677. The minimum Gasteiger partial charge on any atom is -0.481 e. The Hall–Kier alpha value is -0.320. The van der Waals surface area contributed by atoms with Crippen LogP contribution in [0, 0.1) is 5.41 Å². The zero-order valence-corrected chi connectivity index (χ0v) is 7.76. The summed E-state index contributed by atoms with van der Waals surface area (Å²) in [6.07, 6.45) is 1.08. The molecule has 0 aliphatic heterocycles. The van der Waals surface area contributed by atoms with Crippen molar-refractivity contribution in [2.45, 2.75) is 18.9 Å². The molecule has 1 aliphatic carbocycles. The van der Waals surface area contributed by atoms with Crippen molar-refractivity contribution in [2.75, 3.05) is 13.7 Å². The van der Waals surface area contributed by atoms with Crippen LogP contribution in [0.25, 0.3) is 0 Å². The van der Waals surface area contributed by atoms with Gasteiger partial charge in [0.05, 0.1) is 12.0 Å². The number of carboxylic acid groups (broad SMARTS) is 1. The fraction of sp³-hybridized carbons (Fsp3) is 0.857. The normalized spacial score (nSPS) is 33.3. The van der Waals surface area contributed by atoms with Crippen molar-refractivity contribution in [3.63, 3.8) is 0 Å². The van der Waals surface area contributed by atoms with Crippen LogP contribution >= 0.6 is 12.4 Å².